The lowest BCUT2D eigenvalue weighted by atomic mass is 10.0. The van der Waals surface area contributed by atoms with Crippen LogP contribution in [0, 0.1) is 0 Å². The first kappa shape index (κ1) is 31.2. The Labute approximate surface area is 194 Å². The van der Waals surface area contributed by atoms with Crippen LogP contribution in [0.1, 0.15) is 96.8 Å². The molecule has 0 rings (SSSR count). The van der Waals surface area contributed by atoms with Crippen molar-refractivity contribution in [3.05, 3.63) is 12.2 Å². The Balaban J connectivity index is 3.66. The third-order valence-electron chi connectivity index (χ3n) is 5.01. The summed E-state index contributed by atoms with van der Waals surface area (Å²) in [6.45, 7) is 1.19. The van der Waals surface area contributed by atoms with Crippen LogP contribution < -0.4 is 5.73 Å². The topological polar surface area (TPSA) is 128 Å². The molecule has 0 radical (unpaired) electrons. The molecule has 2 atom stereocenters. The molecule has 0 aromatic heterocycles. The molecule has 0 saturated heterocycles. The SMILES string of the molecule is CCCCCCCCCCCCCCCC=CC(=O)O[C@H](CO)COP(=O)(O)OCCN. The molecule has 0 heterocycles. The van der Waals surface area contributed by atoms with Gasteiger partial charge in [-0.3, -0.25) is 9.05 Å². The highest BCUT2D eigenvalue weighted by Crippen LogP contribution is 2.42. The summed E-state index contributed by atoms with van der Waals surface area (Å²) >= 11 is 0. The van der Waals surface area contributed by atoms with Crippen LogP contribution in [0.3, 0.4) is 0 Å². The Bertz CT molecular complexity index is 517. The van der Waals surface area contributed by atoms with Gasteiger partial charge in [-0.2, -0.15) is 0 Å². The molecule has 0 aliphatic rings. The van der Waals surface area contributed by atoms with E-state index >= 15 is 0 Å². The van der Waals surface area contributed by atoms with Gasteiger partial charge in [0.05, 0.1) is 19.8 Å². The Hall–Kier alpha value is -0.760. The summed E-state index contributed by atoms with van der Waals surface area (Å²) < 4.78 is 25.8. The lowest BCUT2D eigenvalue weighted by Crippen LogP contribution is -2.26. The number of carbonyl (C=O) groups excluding carboxylic acids is 1. The number of esters is 1. The molecule has 0 amide bonds. The van der Waals surface area contributed by atoms with Gasteiger partial charge in [0, 0.05) is 12.6 Å². The number of unbranched alkanes of at least 4 members (excludes halogenated alkanes) is 13. The second-order valence-corrected chi connectivity index (χ2v) is 9.51. The monoisotopic (exact) mass is 479 g/mol. The Kier molecular flexibility index (Phi) is 21.5. The molecule has 0 aromatic carbocycles. The maximum absolute atomic E-state index is 11.8. The summed E-state index contributed by atoms with van der Waals surface area (Å²) in [5.41, 5.74) is 5.18. The molecule has 0 spiro atoms. The van der Waals surface area contributed by atoms with Crippen molar-refractivity contribution in [1.82, 2.24) is 0 Å². The van der Waals surface area contributed by atoms with Crippen molar-refractivity contribution < 1.29 is 33.1 Å². The molecular formula is C23H46NO7P. The number of aliphatic hydroxyl groups is 1. The first-order valence-corrected chi connectivity index (χ1v) is 13.7. The fourth-order valence-electron chi connectivity index (χ4n) is 3.17. The predicted octanol–water partition coefficient (Wildman–Crippen LogP) is 5.02. The fourth-order valence-corrected chi connectivity index (χ4v) is 3.94. The van der Waals surface area contributed by atoms with E-state index in [0.717, 1.165) is 19.3 Å². The summed E-state index contributed by atoms with van der Waals surface area (Å²) in [5, 5.41) is 9.24. The number of nitrogens with two attached hydrogens (primary N) is 1. The van der Waals surface area contributed by atoms with E-state index in [1.54, 1.807) is 6.08 Å². The zero-order valence-electron chi connectivity index (χ0n) is 19.9. The van der Waals surface area contributed by atoms with Crippen LogP contribution in [0.4, 0.5) is 0 Å². The number of phosphoric ester groups is 1. The fraction of sp³-hybridized carbons (Fsp3) is 0.870. The summed E-state index contributed by atoms with van der Waals surface area (Å²) in [6, 6.07) is 0. The van der Waals surface area contributed by atoms with Crippen molar-refractivity contribution in [3.8, 4) is 0 Å². The van der Waals surface area contributed by atoms with E-state index in [4.69, 9.17) is 10.5 Å². The minimum absolute atomic E-state index is 0.0658. The van der Waals surface area contributed by atoms with Crippen LogP contribution in [0.2, 0.25) is 0 Å². The van der Waals surface area contributed by atoms with Crippen LogP contribution >= 0.6 is 7.82 Å². The first-order valence-electron chi connectivity index (χ1n) is 12.2. The normalized spacial score (nSPS) is 14.5. The van der Waals surface area contributed by atoms with Gasteiger partial charge in [0.1, 0.15) is 6.10 Å². The number of hydrogen-bond acceptors (Lipinski definition) is 7. The molecule has 9 heteroatoms. The largest absolute Gasteiger partial charge is 0.472 e. The number of carbonyl (C=O) groups is 1. The van der Waals surface area contributed by atoms with Crippen molar-refractivity contribution in [2.24, 2.45) is 5.73 Å². The minimum Gasteiger partial charge on any atom is -0.454 e. The molecule has 1 unspecified atom stereocenters. The highest BCUT2D eigenvalue weighted by atomic mass is 31.2. The van der Waals surface area contributed by atoms with Gasteiger partial charge in [0.2, 0.25) is 0 Å². The summed E-state index contributed by atoms with van der Waals surface area (Å²) in [5.74, 6) is -0.627. The third-order valence-corrected chi connectivity index (χ3v) is 5.99. The molecule has 0 saturated carbocycles. The maximum atomic E-state index is 11.8. The molecule has 0 aromatic rings. The highest BCUT2D eigenvalue weighted by molar-refractivity contribution is 7.47. The van der Waals surface area contributed by atoms with Crippen molar-refractivity contribution in [2.45, 2.75) is 103 Å². The maximum Gasteiger partial charge on any atom is 0.472 e. The van der Waals surface area contributed by atoms with Crippen LogP contribution in [0.5, 0.6) is 0 Å². The van der Waals surface area contributed by atoms with E-state index in [1.165, 1.54) is 76.7 Å². The summed E-state index contributed by atoms with van der Waals surface area (Å²) in [7, 11) is -4.27. The van der Waals surface area contributed by atoms with Crippen molar-refractivity contribution in [2.75, 3.05) is 26.4 Å². The average molecular weight is 480 g/mol. The van der Waals surface area contributed by atoms with Gasteiger partial charge in [0.25, 0.3) is 0 Å². The van der Waals surface area contributed by atoms with E-state index in [1.807, 2.05) is 0 Å². The van der Waals surface area contributed by atoms with Gasteiger partial charge in [-0.15, -0.1) is 0 Å². The lowest BCUT2D eigenvalue weighted by molar-refractivity contribution is -0.147. The zero-order chi connectivity index (χ0) is 23.9. The predicted molar refractivity (Wildman–Crippen MR) is 127 cm³/mol. The minimum atomic E-state index is -4.27. The van der Waals surface area contributed by atoms with Crippen LogP contribution in [-0.4, -0.2) is 48.4 Å². The first-order chi connectivity index (χ1) is 15.4. The number of phosphoric acid groups is 1. The van der Waals surface area contributed by atoms with Gasteiger partial charge < -0.3 is 20.5 Å². The van der Waals surface area contributed by atoms with Crippen molar-refractivity contribution >= 4 is 13.8 Å². The van der Waals surface area contributed by atoms with Gasteiger partial charge in [0.15, 0.2) is 0 Å². The highest BCUT2D eigenvalue weighted by Gasteiger charge is 2.24. The number of aliphatic hydroxyl groups excluding tert-OH is 1. The molecule has 190 valence electrons. The Morgan fingerprint density at radius 3 is 1.97 bits per heavy atom. The molecule has 8 nitrogen and oxygen atoms in total. The quantitative estimate of drug-likeness (QED) is 0.0806. The number of ether oxygens (including phenoxy) is 1. The van der Waals surface area contributed by atoms with E-state index in [9.17, 15) is 19.4 Å². The van der Waals surface area contributed by atoms with E-state index in [2.05, 4.69) is 16.0 Å². The number of rotatable bonds is 23. The second kappa shape index (κ2) is 22.1. The average Bonchev–Trinajstić information content (AvgIpc) is 2.77. The summed E-state index contributed by atoms with van der Waals surface area (Å²) in [4.78, 5) is 21.2. The number of allylic oxidation sites excluding steroid dienone is 1. The smallest absolute Gasteiger partial charge is 0.454 e. The molecule has 32 heavy (non-hydrogen) atoms. The molecular weight excluding hydrogens is 433 g/mol. The summed E-state index contributed by atoms with van der Waals surface area (Å²) in [6.07, 6.45) is 19.6. The van der Waals surface area contributed by atoms with Crippen molar-refractivity contribution in [1.29, 1.82) is 0 Å². The van der Waals surface area contributed by atoms with E-state index < -0.39 is 33.1 Å². The van der Waals surface area contributed by atoms with Crippen LogP contribution in [0.25, 0.3) is 0 Å². The lowest BCUT2D eigenvalue weighted by Gasteiger charge is -2.17. The zero-order valence-corrected chi connectivity index (χ0v) is 20.8. The van der Waals surface area contributed by atoms with Gasteiger partial charge in [-0.1, -0.05) is 90.0 Å². The van der Waals surface area contributed by atoms with Gasteiger partial charge in [-0.25, -0.2) is 9.36 Å². The van der Waals surface area contributed by atoms with Gasteiger partial charge >= 0.3 is 13.8 Å². The molecule has 0 aliphatic heterocycles. The molecule has 0 fully saturated rings. The second-order valence-electron chi connectivity index (χ2n) is 8.06. The molecule has 4 N–H and O–H groups in total. The van der Waals surface area contributed by atoms with E-state index in [-0.39, 0.29) is 13.2 Å². The van der Waals surface area contributed by atoms with Crippen molar-refractivity contribution in [3.63, 3.8) is 0 Å². The van der Waals surface area contributed by atoms with Gasteiger partial charge in [-0.05, 0) is 12.8 Å². The van der Waals surface area contributed by atoms with Crippen LogP contribution in [-0.2, 0) is 23.1 Å². The van der Waals surface area contributed by atoms with Crippen LogP contribution in [0.15, 0.2) is 12.2 Å². The molecule has 0 aliphatic carbocycles. The Morgan fingerprint density at radius 2 is 1.47 bits per heavy atom. The Morgan fingerprint density at radius 1 is 0.938 bits per heavy atom. The number of hydrogen-bond donors (Lipinski definition) is 3. The molecule has 0 bridgehead atoms. The van der Waals surface area contributed by atoms with E-state index in [0.29, 0.717) is 0 Å². The standard InChI is InChI=1S/C23H46NO7P/c1-2-3-4-5-6-7-8-9-10-11-12-13-14-15-16-17-23(26)31-22(20-25)21-30-32(27,28)29-19-18-24/h16-17,22,25H,2-15,18-21,24H2,1H3,(H,27,28)/t22-/m1/s1. The third kappa shape index (κ3) is 21.1.